The van der Waals surface area contributed by atoms with Gasteiger partial charge in [0.25, 0.3) is 12.0 Å². The molecule has 0 bridgehead atoms. The third-order valence-corrected chi connectivity index (χ3v) is 4.64. The van der Waals surface area contributed by atoms with Crippen LogP contribution in [0, 0.1) is 5.82 Å². The van der Waals surface area contributed by atoms with E-state index in [0.29, 0.717) is 18.4 Å². The fraction of sp³-hybridized carbons (Fsp3) is 0.389. The number of benzene rings is 1. The Kier molecular flexibility index (Phi) is 4.60. The van der Waals surface area contributed by atoms with Gasteiger partial charge in [-0.15, -0.1) is 0 Å². The van der Waals surface area contributed by atoms with Gasteiger partial charge in [-0.25, -0.2) is 18.2 Å². The molecule has 1 aromatic carbocycles. The van der Waals surface area contributed by atoms with Gasteiger partial charge in [0.15, 0.2) is 5.78 Å². The highest BCUT2D eigenvalue weighted by molar-refractivity contribution is 5.95. The van der Waals surface area contributed by atoms with E-state index in [2.05, 4.69) is 9.97 Å². The lowest BCUT2D eigenvalue weighted by molar-refractivity contribution is 0.0964. The molecular formula is C18H18F3N3O2. The molecule has 1 fully saturated rings. The highest BCUT2D eigenvalue weighted by Crippen LogP contribution is 2.52. The first-order chi connectivity index (χ1) is 12.2. The first-order valence-corrected chi connectivity index (χ1v) is 8.12. The van der Waals surface area contributed by atoms with E-state index in [-0.39, 0.29) is 23.8 Å². The lowest BCUT2D eigenvalue weighted by atomic mass is 9.89. The van der Waals surface area contributed by atoms with Crippen molar-refractivity contribution >= 4 is 11.7 Å². The standard InChI is InChI=1S/C18H18F3N3O2/c1-24(2)17-22-13(8-15(26)23-17)14(25)9-18(5-6-18)10-3-4-11(16(20)21)12(19)7-10/h3-4,7-8,16H,5-6,9H2,1-2H3,(H,22,23,26). The van der Waals surface area contributed by atoms with Gasteiger partial charge in [0.05, 0.1) is 5.56 Å². The number of alkyl halides is 2. The number of Topliss-reactive ketones (excluding diaryl/α,β-unsaturated/α-hetero) is 1. The average Bonchev–Trinajstić information content (AvgIpc) is 3.34. The largest absolute Gasteiger partial charge is 0.348 e. The average molecular weight is 365 g/mol. The fourth-order valence-electron chi connectivity index (χ4n) is 2.95. The SMILES string of the molecule is CN(C)c1nc(C(=O)CC2(c3ccc(C(F)F)c(F)c3)CC2)cc(=O)[nH]1. The Hall–Kier alpha value is -2.64. The molecule has 1 aliphatic carbocycles. The van der Waals surface area contributed by atoms with Crippen molar-refractivity contribution in [2.45, 2.75) is 31.1 Å². The van der Waals surface area contributed by atoms with E-state index >= 15 is 0 Å². The Morgan fingerprint density at radius 2 is 2.00 bits per heavy atom. The number of ketones is 1. The number of anilines is 1. The number of carbonyl (C=O) groups is 1. The molecule has 0 aliphatic heterocycles. The molecule has 5 nitrogen and oxygen atoms in total. The zero-order chi connectivity index (χ0) is 19.1. The number of nitrogens with one attached hydrogen (secondary N) is 1. The minimum atomic E-state index is -2.88. The Morgan fingerprint density at radius 3 is 2.54 bits per heavy atom. The molecule has 2 aromatic rings. The molecule has 0 amide bonds. The number of nitrogens with zero attached hydrogens (tertiary/aromatic N) is 2. The number of H-pyrrole nitrogens is 1. The third kappa shape index (κ3) is 3.49. The maximum atomic E-state index is 13.9. The number of hydrogen-bond acceptors (Lipinski definition) is 4. The summed E-state index contributed by atoms with van der Waals surface area (Å²) < 4.78 is 39.3. The summed E-state index contributed by atoms with van der Waals surface area (Å²) in [5, 5.41) is 0. The van der Waals surface area contributed by atoms with Gasteiger partial charge >= 0.3 is 0 Å². The Morgan fingerprint density at radius 1 is 1.31 bits per heavy atom. The van der Waals surface area contributed by atoms with Crippen molar-refractivity contribution in [3.05, 3.63) is 57.3 Å². The van der Waals surface area contributed by atoms with Crippen LogP contribution < -0.4 is 10.5 Å². The van der Waals surface area contributed by atoms with Crippen molar-refractivity contribution in [2.24, 2.45) is 0 Å². The molecule has 0 unspecified atom stereocenters. The van der Waals surface area contributed by atoms with Gasteiger partial charge in [0.1, 0.15) is 11.5 Å². The fourth-order valence-corrected chi connectivity index (χ4v) is 2.95. The molecule has 1 aromatic heterocycles. The molecule has 0 radical (unpaired) electrons. The van der Waals surface area contributed by atoms with Gasteiger partial charge in [-0.2, -0.15) is 0 Å². The summed E-state index contributed by atoms with van der Waals surface area (Å²) in [6.45, 7) is 0. The van der Waals surface area contributed by atoms with Crippen LogP contribution in [-0.2, 0) is 5.41 Å². The normalized spacial score (nSPS) is 15.2. The van der Waals surface area contributed by atoms with Crippen LogP contribution in [0.5, 0.6) is 0 Å². The van der Waals surface area contributed by atoms with Gasteiger partial charge in [-0.05, 0) is 24.5 Å². The summed E-state index contributed by atoms with van der Waals surface area (Å²) >= 11 is 0. The van der Waals surface area contributed by atoms with Crippen molar-refractivity contribution in [3.63, 3.8) is 0 Å². The molecule has 1 N–H and O–H groups in total. The highest BCUT2D eigenvalue weighted by atomic mass is 19.3. The van der Waals surface area contributed by atoms with Crippen molar-refractivity contribution in [3.8, 4) is 0 Å². The predicted molar refractivity (Wildman–Crippen MR) is 90.4 cm³/mol. The quantitative estimate of drug-likeness (QED) is 0.799. The first-order valence-electron chi connectivity index (χ1n) is 8.12. The maximum absolute atomic E-state index is 13.9. The molecule has 0 saturated heterocycles. The van der Waals surface area contributed by atoms with Crippen molar-refractivity contribution in [2.75, 3.05) is 19.0 Å². The highest BCUT2D eigenvalue weighted by Gasteiger charge is 2.46. The third-order valence-electron chi connectivity index (χ3n) is 4.64. The molecule has 1 saturated carbocycles. The molecule has 1 heterocycles. The Labute approximate surface area is 147 Å². The van der Waals surface area contributed by atoms with Crippen molar-refractivity contribution in [1.82, 2.24) is 9.97 Å². The molecule has 8 heteroatoms. The van der Waals surface area contributed by atoms with E-state index in [1.165, 1.54) is 6.07 Å². The molecule has 138 valence electrons. The zero-order valence-corrected chi connectivity index (χ0v) is 14.4. The second kappa shape index (κ2) is 6.59. The van der Waals surface area contributed by atoms with Crippen LogP contribution in [0.1, 0.15) is 47.3 Å². The molecule has 1 aliphatic rings. The van der Waals surface area contributed by atoms with Gasteiger partial charge in [-0.3, -0.25) is 14.6 Å². The minimum absolute atomic E-state index is 0.0356. The first kappa shape index (κ1) is 18.2. The van der Waals surface area contributed by atoms with E-state index in [1.54, 1.807) is 19.0 Å². The van der Waals surface area contributed by atoms with Gasteiger partial charge in [-0.1, -0.05) is 12.1 Å². The molecule has 0 atom stereocenters. The van der Waals surface area contributed by atoms with E-state index in [4.69, 9.17) is 0 Å². The van der Waals surface area contributed by atoms with Crippen LogP contribution in [-0.4, -0.2) is 29.8 Å². The van der Waals surface area contributed by atoms with E-state index in [9.17, 15) is 22.8 Å². The summed E-state index contributed by atoms with van der Waals surface area (Å²) in [5.74, 6) is -1.05. The smallest absolute Gasteiger partial charge is 0.266 e. The lowest BCUT2D eigenvalue weighted by Crippen LogP contribution is -2.22. The van der Waals surface area contributed by atoms with Crippen LogP contribution in [0.3, 0.4) is 0 Å². The number of carbonyl (C=O) groups excluding carboxylic acids is 1. The molecule has 26 heavy (non-hydrogen) atoms. The zero-order valence-electron chi connectivity index (χ0n) is 14.4. The number of aromatic amines is 1. The Bertz CT molecular complexity index is 905. The van der Waals surface area contributed by atoms with Gasteiger partial charge < -0.3 is 4.90 Å². The number of hydrogen-bond donors (Lipinski definition) is 1. The van der Waals surface area contributed by atoms with E-state index in [1.807, 2.05) is 0 Å². The topological polar surface area (TPSA) is 66.1 Å². The van der Waals surface area contributed by atoms with Gasteiger partial charge in [0.2, 0.25) is 5.95 Å². The van der Waals surface area contributed by atoms with Crippen molar-refractivity contribution < 1.29 is 18.0 Å². The predicted octanol–water partition coefficient (Wildman–Crippen LogP) is 3.22. The van der Waals surface area contributed by atoms with Crippen molar-refractivity contribution in [1.29, 1.82) is 0 Å². The number of aromatic nitrogens is 2. The summed E-state index contributed by atoms with van der Waals surface area (Å²) in [7, 11) is 3.37. The monoisotopic (exact) mass is 365 g/mol. The van der Waals surface area contributed by atoms with E-state index < -0.39 is 28.8 Å². The summed E-state index contributed by atoms with van der Waals surface area (Å²) in [5.41, 5.74) is -1.12. The second-order valence-electron chi connectivity index (χ2n) is 6.77. The molecular weight excluding hydrogens is 347 g/mol. The Balaban J connectivity index is 1.86. The van der Waals surface area contributed by atoms with Crippen LogP contribution >= 0.6 is 0 Å². The van der Waals surface area contributed by atoms with Crippen LogP contribution in [0.25, 0.3) is 0 Å². The summed E-state index contributed by atoms with van der Waals surface area (Å²) in [6.07, 6.45) is -1.54. The van der Waals surface area contributed by atoms with Crippen LogP contribution in [0.2, 0.25) is 0 Å². The molecule has 0 spiro atoms. The number of rotatable bonds is 6. The summed E-state index contributed by atoms with van der Waals surface area (Å²) in [6, 6.07) is 4.72. The second-order valence-corrected chi connectivity index (χ2v) is 6.77. The lowest BCUT2D eigenvalue weighted by Gasteiger charge is -2.16. The molecule has 3 rings (SSSR count). The van der Waals surface area contributed by atoms with E-state index in [0.717, 1.165) is 18.2 Å². The number of halogens is 3. The summed E-state index contributed by atoms with van der Waals surface area (Å²) in [4.78, 5) is 32.6. The maximum Gasteiger partial charge on any atom is 0.266 e. The van der Waals surface area contributed by atoms with Crippen LogP contribution in [0.4, 0.5) is 19.1 Å². The van der Waals surface area contributed by atoms with Crippen LogP contribution in [0.15, 0.2) is 29.1 Å². The minimum Gasteiger partial charge on any atom is -0.348 e. The van der Waals surface area contributed by atoms with Gasteiger partial charge in [0, 0.05) is 32.0 Å².